The van der Waals surface area contributed by atoms with Crippen LogP contribution < -0.4 is 20.7 Å². The van der Waals surface area contributed by atoms with E-state index in [1.54, 1.807) is 0 Å². The first-order chi connectivity index (χ1) is 11.7. The second-order valence-corrected chi connectivity index (χ2v) is 5.98. The lowest BCUT2D eigenvalue weighted by atomic mass is 9.95. The SMILES string of the molecule is CCOc1ccccc1CNC(=O)NCC(=O)NC1CCCCC1. The summed E-state index contributed by atoms with van der Waals surface area (Å²) in [4.78, 5) is 23.7. The Bertz CT molecular complexity index is 542. The van der Waals surface area contributed by atoms with Gasteiger partial charge in [-0.2, -0.15) is 0 Å². The molecule has 0 spiro atoms. The van der Waals surface area contributed by atoms with Gasteiger partial charge in [0.15, 0.2) is 0 Å². The van der Waals surface area contributed by atoms with Crippen LogP contribution in [-0.4, -0.2) is 31.1 Å². The maximum Gasteiger partial charge on any atom is 0.315 e. The first kappa shape index (κ1) is 18.1. The number of benzene rings is 1. The van der Waals surface area contributed by atoms with Crippen LogP contribution in [-0.2, 0) is 11.3 Å². The van der Waals surface area contributed by atoms with Gasteiger partial charge in [0.2, 0.25) is 5.91 Å². The predicted octanol–water partition coefficient (Wildman–Crippen LogP) is 2.33. The molecule has 0 aliphatic heterocycles. The summed E-state index contributed by atoms with van der Waals surface area (Å²) in [6.45, 7) is 2.84. The molecule has 3 N–H and O–H groups in total. The van der Waals surface area contributed by atoms with Gasteiger partial charge in [-0.25, -0.2) is 4.79 Å². The normalized spacial score (nSPS) is 14.7. The lowest BCUT2D eigenvalue weighted by molar-refractivity contribution is -0.121. The molecule has 0 radical (unpaired) electrons. The molecule has 0 unspecified atom stereocenters. The van der Waals surface area contributed by atoms with Crippen LogP contribution in [0.3, 0.4) is 0 Å². The van der Waals surface area contributed by atoms with Crippen LogP contribution in [0.15, 0.2) is 24.3 Å². The highest BCUT2D eigenvalue weighted by Gasteiger charge is 2.15. The van der Waals surface area contributed by atoms with Crippen molar-refractivity contribution in [2.24, 2.45) is 0 Å². The van der Waals surface area contributed by atoms with Crippen molar-refractivity contribution in [1.29, 1.82) is 0 Å². The Morgan fingerprint density at radius 3 is 2.62 bits per heavy atom. The Morgan fingerprint density at radius 1 is 1.12 bits per heavy atom. The molecule has 0 saturated heterocycles. The number of carbonyl (C=O) groups is 2. The van der Waals surface area contributed by atoms with E-state index in [-0.39, 0.29) is 24.5 Å². The standard InChI is InChI=1S/C18H27N3O3/c1-2-24-16-11-7-6-8-14(16)12-19-18(23)20-13-17(22)21-15-9-4-3-5-10-15/h6-8,11,15H,2-5,9-10,12-13H2,1H3,(H,21,22)(H2,19,20,23). The van der Waals surface area contributed by atoms with Gasteiger partial charge in [-0.05, 0) is 25.8 Å². The van der Waals surface area contributed by atoms with E-state index in [0.29, 0.717) is 13.2 Å². The van der Waals surface area contributed by atoms with Crippen molar-refractivity contribution in [2.45, 2.75) is 51.6 Å². The van der Waals surface area contributed by atoms with Crippen molar-refractivity contribution >= 4 is 11.9 Å². The van der Waals surface area contributed by atoms with Crippen molar-refractivity contribution in [3.63, 3.8) is 0 Å². The van der Waals surface area contributed by atoms with Gasteiger partial charge in [0.25, 0.3) is 0 Å². The van der Waals surface area contributed by atoms with Crippen LogP contribution in [0.2, 0.25) is 0 Å². The minimum absolute atomic E-state index is 0.00452. The average Bonchev–Trinajstić information content (AvgIpc) is 2.60. The highest BCUT2D eigenvalue weighted by molar-refractivity contribution is 5.84. The third kappa shape index (κ3) is 6.10. The van der Waals surface area contributed by atoms with Crippen LogP contribution in [0, 0.1) is 0 Å². The molecule has 2 rings (SSSR count). The monoisotopic (exact) mass is 333 g/mol. The maximum absolute atomic E-state index is 11.9. The molecule has 0 aromatic heterocycles. The van der Waals surface area contributed by atoms with Gasteiger partial charge in [-0.3, -0.25) is 4.79 Å². The fourth-order valence-corrected chi connectivity index (χ4v) is 2.87. The topological polar surface area (TPSA) is 79.5 Å². The van der Waals surface area contributed by atoms with E-state index in [1.807, 2.05) is 31.2 Å². The first-order valence-electron chi connectivity index (χ1n) is 8.70. The number of amides is 3. The fraction of sp³-hybridized carbons (Fsp3) is 0.556. The van der Waals surface area contributed by atoms with Crippen LogP contribution >= 0.6 is 0 Å². The van der Waals surface area contributed by atoms with E-state index in [9.17, 15) is 9.59 Å². The number of carbonyl (C=O) groups excluding carboxylic acids is 2. The van der Waals surface area contributed by atoms with Gasteiger partial charge in [0.05, 0.1) is 13.2 Å². The zero-order valence-corrected chi connectivity index (χ0v) is 14.3. The number of para-hydroxylation sites is 1. The molecule has 0 heterocycles. The summed E-state index contributed by atoms with van der Waals surface area (Å²) in [6, 6.07) is 7.46. The van der Waals surface area contributed by atoms with Crippen LogP contribution in [0.25, 0.3) is 0 Å². The molecule has 6 nitrogen and oxygen atoms in total. The number of urea groups is 1. The average molecular weight is 333 g/mol. The highest BCUT2D eigenvalue weighted by Crippen LogP contribution is 2.18. The second kappa shape index (κ2) is 9.80. The molecule has 24 heavy (non-hydrogen) atoms. The molecule has 6 heteroatoms. The maximum atomic E-state index is 11.9. The van der Waals surface area contributed by atoms with Crippen molar-refractivity contribution < 1.29 is 14.3 Å². The zero-order chi connectivity index (χ0) is 17.2. The lowest BCUT2D eigenvalue weighted by Gasteiger charge is -2.22. The Kier molecular flexibility index (Phi) is 7.39. The molecule has 1 aromatic carbocycles. The molecule has 132 valence electrons. The lowest BCUT2D eigenvalue weighted by Crippen LogP contribution is -2.45. The fourth-order valence-electron chi connectivity index (χ4n) is 2.87. The second-order valence-electron chi connectivity index (χ2n) is 5.98. The summed E-state index contributed by atoms with van der Waals surface area (Å²) in [5.74, 6) is 0.627. The number of nitrogens with one attached hydrogen (secondary N) is 3. The van der Waals surface area contributed by atoms with E-state index < -0.39 is 0 Å². The van der Waals surface area contributed by atoms with E-state index >= 15 is 0 Å². The molecule has 1 aliphatic rings. The third-order valence-corrected chi connectivity index (χ3v) is 4.09. The molecule has 0 bridgehead atoms. The molecular weight excluding hydrogens is 306 g/mol. The van der Waals surface area contributed by atoms with E-state index in [4.69, 9.17) is 4.74 Å². The van der Waals surface area contributed by atoms with Gasteiger partial charge in [-0.15, -0.1) is 0 Å². The van der Waals surface area contributed by atoms with Crippen molar-refractivity contribution in [2.75, 3.05) is 13.2 Å². The van der Waals surface area contributed by atoms with Gasteiger partial charge in [0.1, 0.15) is 5.75 Å². The van der Waals surface area contributed by atoms with Crippen LogP contribution in [0.1, 0.15) is 44.6 Å². The van der Waals surface area contributed by atoms with Crippen LogP contribution in [0.4, 0.5) is 4.79 Å². The van der Waals surface area contributed by atoms with Gasteiger partial charge >= 0.3 is 6.03 Å². The van der Waals surface area contributed by atoms with Gasteiger partial charge in [-0.1, -0.05) is 37.5 Å². The molecule has 1 fully saturated rings. The van der Waals surface area contributed by atoms with Crippen molar-refractivity contribution in [3.05, 3.63) is 29.8 Å². The van der Waals surface area contributed by atoms with Crippen molar-refractivity contribution in [3.8, 4) is 5.75 Å². The van der Waals surface area contributed by atoms with E-state index in [1.165, 1.54) is 6.42 Å². The molecule has 0 atom stereocenters. The van der Waals surface area contributed by atoms with Crippen LogP contribution in [0.5, 0.6) is 5.75 Å². The Hall–Kier alpha value is -2.24. The summed E-state index contributed by atoms with van der Waals surface area (Å²) >= 11 is 0. The molecule has 1 aromatic rings. The van der Waals surface area contributed by atoms with E-state index in [0.717, 1.165) is 37.0 Å². The summed E-state index contributed by atoms with van der Waals surface area (Å²) in [5, 5.41) is 8.31. The molecule has 3 amide bonds. The van der Waals surface area contributed by atoms with Gasteiger partial charge in [0, 0.05) is 18.2 Å². The van der Waals surface area contributed by atoms with E-state index in [2.05, 4.69) is 16.0 Å². The number of rotatable bonds is 7. The van der Waals surface area contributed by atoms with Crippen molar-refractivity contribution in [1.82, 2.24) is 16.0 Å². The Balaban J connectivity index is 1.68. The Morgan fingerprint density at radius 2 is 1.88 bits per heavy atom. The molecular formula is C18H27N3O3. The Labute approximate surface area is 143 Å². The smallest absolute Gasteiger partial charge is 0.315 e. The zero-order valence-electron chi connectivity index (χ0n) is 14.3. The summed E-state index contributed by atoms with van der Waals surface area (Å²) in [7, 11) is 0. The molecule has 1 aliphatic carbocycles. The van der Waals surface area contributed by atoms with Gasteiger partial charge < -0.3 is 20.7 Å². The number of hydrogen-bond acceptors (Lipinski definition) is 3. The minimum atomic E-state index is -0.361. The largest absolute Gasteiger partial charge is 0.494 e. The first-order valence-corrected chi connectivity index (χ1v) is 8.70. The number of ether oxygens (including phenoxy) is 1. The quantitative estimate of drug-likeness (QED) is 0.716. The predicted molar refractivity (Wildman–Crippen MR) is 92.9 cm³/mol. The summed E-state index contributed by atoms with van der Waals surface area (Å²) < 4.78 is 5.52. The summed E-state index contributed by atoms with van der Waals surface area (Å²) in [6.07, 6.45) is 5.64. The third-order valence-electron chi connectivity index (χ3n) is 4.09. The summed E-state index contributed by atoms with van der Waals surface area (Å²) in [5.41, 5.74) is 0.904. The number of hydrogen-bond donors (Lipinski definition) is 3. The minimum Gasteiger partial charge on any atom is -0.494 e. The highest BCUT2D eigenvalue weighted by atomic mass is 16.5. The molecule has 1 saturated carbocycles.